The molecule has 0 bridgehead atoms. The number of hydrogen-bond donors (Lipinski definition) is 1. The maximum atomic E-state index is 5.06. The van der Waals surface area contributed by atoms with Gasteiger partial charge in [0.05, 0.1) is 0 Å². The van der Waals surface area contributed by atoms with Gasteiger partial charge in [-0.15, -0.1) is 0 Å². The van der Waals surface area contributed by atoms with Gasteiger partial charge < -0.3 is 4.98 Å². The smallest absolute Gasteiger partial charge is 0.110 e. The molecule has 0 saturated heterocycles. The molecule has 1 aromatic heterocycles. The van der Waals surface area contributed by atoms with Crippen molar-refractivity contribution in [3.05, 3.63) is 17.7 Å². The summed E-state index contributed by atoms with van der Waals surface area (Å²) in [7, 11) is 0.236. The van der Waals surface area contributed by atoms with Crippen LogP contribution in [0.3, 0.4) is 0 Å². The topological polar surface area (TPSA) is 28.7 Å². The molecule has 2 nitrogen and oxygen atoms in total. The average Bonchev–Trinajstić information content (AvgIpc) is 3.35. The summed E-state index contributed by atoms with van der Waals surface area (Å²) in [4.78, 5) is 9.01. The first-order chi connectivity index (χ1) is 16.4. The van der Waals surface area contributed by atoms with Gasteiger partial charge in [0.25, 0.3) is 0 Å². The number of nitrogens with one attached hydrogen (secondary N) is 1. The number of rotatable bonds is 8. The first-order valence-electron chi connectivity index (χ1n) is 14.9. The second-order valence-electron chi connectivity index (χ2n) is 11.9. The van der Waals surface area contributed by atoms with E-state index in [4.69, 9.17) is 4.98 Å². The summed E-state index contributed by atoms with van der Waals surface area (Å²) in [5, 5.41) is 0. The third-order valence-electron chi connectivity index (χ3n) is 9.54. The molecule has 0 aliphatic heterocycles. The Morgan fingerprint density at radius 2 is 0.909 bits per heavy atom. The lowest BCUT2D eigenvalue weighted by molar-refractivity contribution is 0.483. The lowest BCUT2D eigenvalue weighted by Crippen LogP contribution is -2.22. The molecule has 0 aromatic carbocycles. The average molecular weight is 489 g/mol. The molecule has 5 rings (SSSR count). The lowest BCUT2D eigenvalue weighted by Gasteiger charge is -2.38. The van der Waals surface area contributed by atoms with E-state index in [1.165, 1.54) is 152 Å². The molecule has 4 fully saturated rings. The highest BCUT2D eigenvalue weighted by Crippen LogP contribution is 2.59. The summed E-state index contributed by atoms with van der Waals surface area (Å²) in [5.74, 6) is 1.37. The molecule has 186 valence electrons. The molecule has 0 amide bonds. The van der Waals surface area contributed by atoms with Gasteiger partial charge in [0, 0.05) is 24.2 Å². The van der Waals surface area contributed by atoms with Crippen molar-refractivity contribution in [1.29, 1.82) is 0 Å². The van der Waals surface area contributed by atoms with Crippen LogP contribution in [0.25, 0.3) is 0 Å². The fourth-order valence-electron chi connectivity index (χ4n) is 7.70. The quantitative estimate of drug-likeness (QED) is 0.362. The van der Waals surface area contributed by atoms with Crippen LogP contribution in [0.15, 0.2) is 6.20 Å². The van der Waals surface area contributed by atoms with E-state index in [1.807, 2.05) is 0 Å². The van der Waals surface area contributed by atoms with Crippen LogP contribution in [0.1, 0.15) is 140 Å². The molecular formula is C29H50N2P2. The van der Waals surface area contributed by atoms with Gasteiger partial charge in [0.15, 0.2) is 0 Å². The molecule has 4 saturated carbocycles. The second kappa shape index (κ2) is 12.9. The van der Waals surface area contributed by atoms with Crippen LogP contribution in [0, 0.1) is 0 Å². The third kappa shape index (κ3) is 6.85. The van der Waals surface area contributed by atoms with Crippen LogP contribution >= 0.6 is 15.8 Å². The van der Waals surface area contributed by atoms with Crippen molar-refractivity contribution in [1.82, 2.24) is 9.97 Å². The van der Waals surface area contributed by atoms with Crippen LogP contribution in [0.2, 0.25) is 0 Å². The molecule has 4 aliphatic rings. The van der Waals surface area contributed by atoms with Gasteiger partial charge in [0.2, 0.25) is 0 Å². The van der Waals surface area contributed by atoms with Gasteiger partial charge in [0.1, 0.15) is 5.82 Å². The highest BCUT2D eigenvalue weighted by Gasteiger charge is 2.33. The summed E-state index contributed by atoms with van der Waals surface area (Å²) < 4.78 is 0. The highest BCUT2D eigenvalue weighted by atomic mass is 31.1. The molecule has 0 atom stereocenters. The Labute approximate surface area is 206 Å². The van der Waals surface area contributed by atoms with E-state index in [0.717, 1.165) is 22.6 Å². The van der Waals surface area contributed by atoms with Crippen molar-refractivity contribution in [3.8, 4) is 0 Å². The Hall–Kier alpha value is 0.0700. The predicted molar refractivity (Wildman–Crippen MR) is 147 cm³/mol. The molecule has 0 spiro atoms. The lowest BCUT2D eigenvalue weighted by atomic mass is 9.99. The van der Waals surface area contributed by atoms with Crippen LogP contribution in [0.4, 0.5) is 0 Å². The molecule has 4 aliphatic carbocycles. The van der Waals surface area contributed by atoms with Crippen LogP contribution in [-0.4, -0.2) is 32.6 Å². The predicted octanol–water partition coefficient (Wildman–Crippen LogP) is 9.70. The summed E-state index contributed by atoms with van der Waals surface area (Å²) >= 11 is 0. The van der Waals surface area contributed by atoms with Gasteiger partial charge in [-0.2, -0.15) is 0 Å². The van der Waals surface area contributed by atoms with Crippen molar-refractivity contribution in [2.24, 2.45) is 0 Å². The third-order valence-corrected chi connectivity index (χ3v) is 16.7. The minimum absolute atomic E-state index is 0.107. The largest absolute Gasteiger partial charge is 0.345 e. The van der Waals surface area contributed by atoms with E-state index in [-0.39, 0.29) is 15.8 Å². The van der Waals surface area contributed by atoms with Crippen molar-refractivity contribution >= 4 is 15.8 Å². The van der Waals surface area contributed by atoms with Gasteiger partial charge in [-0.05, 0) is 74.0 Å². The molecule has 1 aromatic rings. The standard InChI is InChI=1S/C29H50N2P2/c1-5-13-25(14-6-1)32(26-15-7-2-8-16-26)22-24-21-30-29(31-24)23-33(27-17-9-3-10-18-27)28-19-11-4-12-20-28/h21,25-28H,1-20,22-23H2,(H,30,31). The van der Waals surface area contributed by atoms with Crippen LogP contribution < -0.4 is 0 Å². The number of hydrogen-bond acceptors (Lipinski definition) is 1. The van der Waals surface area contributed by atoms with E-state index in [0.29, 0.717) is 0 Å². The minimum atomic E-state index is 0.107. The van der Waals surface area contributed by atoms with Gasteiger partial charge in [-0.1, -0.05) is 92.9 Å². The second-order valence-corrected chi connectivity index (χ2v) is 17.5. The monoisotopic (exact) mass is 488 g/mol. The van der Waals surface area contributed by atoms with E-state index in [1.54, 1.807) is 0 Å². The number of nitrogens with zero attached hydrogens (tertiary/aromatic N) is 1. The molecule has 1 N–H and O–H groups in total. The normalized spacial score (nSPS) is 25.3. The number of aromatic nitrogens is 2. The molecule has 1 heterocycles. The van der Waals surface area contributed by atoms with Gasteiger partial charge >= 0.3 is 0 Å². The van der Waals surface area contributed by atoms with Crippen LogP contribution in [0.5, 0.6) is 0 Å². The summed E-state index contributed by atoms with van der Waals surface area (Å²) in [6, 6.07) is 0. The van der Waals surface area contributed by atoms with E-state index >= 15 is 0 Å². The fraction of sp³-hybridized carbons (Fsp3) is 0.897. The molecule has 4 heteroatoms. The zero-order valence-corrected chi connectivity index (χ0v) is 23.1. The zero-order valence-electron chi connectivity index (χ0n) is 21.3. The number of aromatic amines is 1. The molecular weight excluding hydrogens is 438 g/mol. The highest BCUT2D eigenvalue weighted by molar-refractivity contribution is 7.58. The number of imidazole rings is 1. The molecule has 0 unspecified atom stereocenters. The fourth-order valence-corrected chi connectivity index (χ4v) is 15.1. The summed E-state index contributed by atoms with van der Waals surface area (Å²) in [6.07, 6.45) is 35.0. The SMILES string of the molecule is c1nc(CP(C2CCCCC2)C2CCCCC2)[nH]c1CP(C1CCCCC1)C1CCCCC1. The van der Waals surface area contributed by atoms with Gasteiger partial charge in [-0.3, -0.25) is 0 Å². The zero-order chi connectivity index (χ0) is 22.3. The van der Waals surface area contributed by atoms with Crippen molar-refractivity contribution < 1.29 is 0 Å². The first-order valence-corrected chi connectivity index (χ1v) is 18.2. The molecule has 0 radical (unpaired) electrons. The first kappa shape index (κ1) is 24.8. The molecule has 33 heavy (non-hydrogen) atoms. The Balaban J connectivity index is 1.26. The Morgan fingerprint density at radius 3 is 1.30 bits per heavy atom. The van der Waals surface area contributed by atoms with Crippen molar-refractivity contribution in [3.63, 3.8) is 0 Å². The Kier molecular flexibility index (Phi) is 9.64. The van der Waals surface area contributed by atoms with E-state index in [2.05, 4.69) is 11.2 Å². The Bertz CT molecular complexity index is 587. The van der Waals surface area contributed by atoms with Gasteiger partial charge in [-0.25, -0.2) is 4.98 Å². The van der Waals surface area contributed by atoms with E-state index < -0.39 is 0 Å². The van der Waals surface area contributed by atoms with Crippen molar-refractivity contribution in [2.45, 2.75) is 163 Å². The maximum absolute atomic E-state index is 5.06. The minimum Gasteiger partial charge on any atom is -0.345 e. The Morgan fingerprint density at radius 1 is 0.545 bits per heavy atom. The maximum Gasteiger partial charge on any atom is 0.110 e. The summed E-state index contributed by atoms with van der Waals surface area (Å²) in [5.41, 5.74) is 5.67. The van der Waals surface area contributed by atoms with E-state index in [9.17, 15) is 0 Å². The van der Waals surface area contributed by atoms with Crippen molar-refractivity contribution in [2.75, 3.05) is 0 Å². The number of H-pyrrole nitrogens is 1. The summed E-state index contributed by atoms with van der Waals surface area (Å²) in [6.45, 7) is 0. The van der Waals surface area contributed by atoms with Crippen LogP contribution in [-0.2, 0) is 12.3 Å².